The predicted molar refractivity (Wildman–Crippen MR) is 67.0 cm³/mol. The molecule has 0 atom stereocenters. The maximum atomic E-state index is 13.1. The van der Waals surface area contributed by atoms with Crippen molar-refractivity contribution in [1.82, 2.24) is 5.16 Å². The normalized spacial score (nSPS) is 14.8. The van der Waals surface area contributed by atoms with Crippen molar-refractivity contribution >= 4 is 5.88 Å². The minimum Gasteiger partial charge on any atom is -0.489 e. The van der Waals surface area contributed by atoms with Gasteiger partial charge >= 0.3 is 6.18 Å². The van der Waals surface area contributed by atoms with Gasteiger partial charge in [0.1, 0.15) is 11.3 Å². The molecule has 0 radical (unpaired) electrons. The van der Waals surface area contributed by atoms with E-state index >= 15 is 0 Å². The first kappa shape index (κ1) is 13.6. The topological polar surface area (TPSA) is 70.5 Å². The first-order valence-electron chi connectivity index (χ1n) is 6.19. The molecule has 0 aliphatic carbocycles. The molecule has 0 saturated heterocycles. The molecule has 0 fully saturated rings. The standard InChI is InChI=1S/C13H11F3N2O3/c14-13(15,16)8-3-2-7(9-6-10(17)21-18-9)11-12(8)20-5-1-4-19-11/h2-3,6H,1,4-5,17H2. The van der Waals surface area contributed by atoms with Crippen LogP contribution in [0.3, 0.4) is 0 Å². The summed E-state index contributed by atoms with van der Waals surface area (Å²) in [4.78, 5) is 0. The van der Waals surface area contributed by atoms with E-state index in [-0.39, 0.29) is 30.6 Å². The fraction of sp³-hybridized carbons (Fsp3) is 0.308. The summed E-state index contributed by atoms with van der Waals surface area (Å²) in [5.41, 5.74) is 5.21. The van der Waals surface area contributed by atoms with Crippen LogP contribution >= 0.6 is 0 Å². The Hall–Kier alpha value is -2.38. The third-order valence-electron chi connectivity index (χ3n) is 3.00. The van der Waals surface area contributed by atoms with Gasteiger partial charge in [0.15, 0.2) is 11.5 Å². The van der Waals surface area contributed by atoms with Crippen LogP contribution in [0.25, 0.3) is 11.3 Å². The lowest BCUT2D eigenvalue weighted by molar-refractivity contribution is -0.139. The SMILES string of the molecule is Nc1cc(-c2ccc(C(F)(F)F)c3c2OCCCO3)no1. The molecule has 1 aromatic heterocycles. The lowest BCUT2D eigenvalue weighted by Gasteiger charge is -2.16. The van der Waals surface area contributed by atoms with E-state index in [1.165, 1.54) is 12.1 Å². The van der Waals surface area contributed by atoms with Gasteiger partial charge in [-0.3, -0.25) is 0 Å². The zero-order valence-electron chi connectivity index (χ0n) is 10.7. The van der Waals surface area contributed by atoms with Crippen molar-refractivity contribution < 1.29 is 27.2 Å². The average Bonchev–Trinajstić information content (AvgIpc) is 2.70. The molecule has 3 rings (SSSR count). The summed E-state index contributed by atoms with van der Waals surface area (Å²) < 4.78 is 54.6. The largest absolute Gasteiger partial charge is 0.489 e. The van der Waals surface area contributed by atoms with Crippen LogP contribution in [-0.4, -0.2) is 18.4 Å². The lowest BCUT2D eigenvalue weighted by Crippen LogP contribution is -2.09. The Kier molecular flexibility index (Phi) is 3.15. The number of alkyl halides is 3. The van der Waals surface area contributed by atoms with Gasteiger partial charge in [0.2, 0.25) is 5.88 Å². The van der Waals surface area contributed by atoms with Gasteiger partial charge in [0.05, 0.1) is 13.2 Å². The molecular formula is C13H11F3N2O3. The van der Waals surface area contributed by atoms with Crippen LogP contribution < -0.4 is 15.2 Å². The maximum absolute atomic E-state index is 13.1. The van der Waals surface area contributed by atoms with Gasteiger partial charge in [-0.1, -0.05) is 5.16 Å². The highest BCUT2D eigenvalue weighted by molar-refractivity contribution is 5.74. The highest BCUT2D eigenvalue weighted by Gasteiger charge is 2.37. The summed E-state index contributed by atoms with van der Waals surface area (Å²) in [6, 6.07) is 3.62. The van der Waals surface area contributed by atoms with E-state index in [9.17, 15) is 13.2 Å². The molecule has 2 N–H and O–H groups in total. The molecule has 0 unspecified atom stereocenters. The van der Waals surface area contributed by atoms with E-state index in [0.29, 0.717) is 17.7 Å². The summed E-state index contributed by atoms with van der Waals surface area (Å²) in [7, 11) is 0. The van der Waals surface area contributed by atoms with Crippen molar-refractivity contribution in [2.24, 2.45) is 0 Å². The highest BCUT2D eigenvalue weighted by Crippen LogP contribution is 2.47. The van der Waals surface area contributed by atoms with Gasteiger partial charge in [-0.05, 0) is 12.1 Å². The summed E-state index contributed by atoms with van der Waals surface area (Å²) in [6.07, 6.45) is -4.04. The number of aromatic nitrogens is 1. The van der Waals surface area contributed by atoms with Crippen LogP contribution in [0.1, 0.15) is 12.0 Å². The minimum absolute atomic E-state index is 0.00984. The summed E-state index contributed by atoms with van der Waals surface area (Å²) in [5.74, 6) is -0.247. The number of nitrogens with two attached hydrogens (primary N) is 1. The molecule has 2 aromatic rings. The molecule has 5 nitrogen and oxygen atoms in total. The Bertz CT molecular complexity index is 667. The van der Waals surface area contributed by atoms with Gasteiger partial charge in [0, 0.05) is 18.1 Å². The third-order valence-corrected chi connectivity index (χ3v) is 3.00. The summed E-state index contributed by atoms with van der Waals surface area (Å²) >= 11 is 0. The molecule has 112 valence electrons. The fourth-order valence-corrected chi connectivity index (χ4v) is 2.10. The van der Waals surface area contributed by atoms with Gasteiger partial charge in [-0.15, -0.1) is 0 Å². The van der Waals surface area contributed by atoms with E-state index in [2.05, 4.69) is 5.16 Å². The van der Waals surface area contributed by atoms with Gasteiger partial charge in [0.25, 0.3) is 0 Å². The maximum Gasteiger partial charge on any atom is 0.420 e. The number of anilines is 1. The minimum atomic E-state index is -4.53. The molecule has 0 bridgehead atoms. The van der Waals surface area contributed by atoms with Crippen LogP contribution in [0.2, 0.25) is 0 Å². The highest BCUT2D eigenvalue weighted by atomic mass is 19.4. The number of rotatable bonds is 1. The van der Waals surface area contributed by atoms with Crippen molar-refractivity contribution in [2.45, 2.75) is 12.6 Å². The molecule has 2 heterocycles. The fourth-order valence-electron chi connectivity index (χ4n) is 2.10. The zero-order chi connectivity index (χ0) is 15.0. The first-order valence-corrected chi connectivity index (χ1v) is 6.19. The Morgan fingerprint density at radius 1 is 1.10 bits per heavy atom. The van der Waals surface area contributed by atoms with Crippen LogP contribution in [-0.2, 0) is 6.18 Å². The Morgan fingerprint density at radius 2 is 1.81 bits per heavy atom. The van der Waals surface area contributed by atoms with E-state index in [1.807, 2.05) is 0 Å². The average molecular weight is 300 g/mol. The Labute approximate surface area is 117 Å². The van der Waals surface area contributed by atoms with Crippen molar-refractivity contribution in [2.75, 3.05) is 18.9 Å². The molecular weight excluding hydrogens is 289 g/mol. The second-order valence-corrected chi connectivity index (χ2v) is 4.48. The smallest absolute Gasteiger partial charge is 0.420 e. The van der Waals surface area contributed by atoms with Crippen molar-refractivity contribution in [3.8, 4) is 22.8 Å². The predicted octanol–water partition coefficient (Wildman–Crippen LogP) is 3.10. The Morgan fingerprint density at radius 3 is 2.43 bits per heavy atom. The van der Waals surface area contributed by atoms with Crippen molar-refractivity contribution in [1.29, 1.82) is 0 Å². The molecule has 1 aliphatic rings. The molecule has 0 amide bonds. The van der Waals surface area contributed by atoms with Crippen molar-refractivity contribution in [3.63, 3.8) is 0 Å². The van der Waals surface area contributed by atoms with Gasteiger partial charge < -0.3 is 19.7 Å². The number of nitrogens with zero attached hydrogens (tertiary/aromatic N) is 1. The molecule has 1 aromatic carbocycles. The third kappa shape index (κ3) is 2.48. The van der Waals surface area contributed by atoms with Gasteiger partial charge in [-0.2, -0.15) is 13.2 Å². The Balaban J connectivity index is 2.19. The van der Waals surface area contributed by atoms with Crippen LogP contribution in [0, 0.1) is 0 Å². The number of halogens is 3. The van der Waals surface area contributed by atoms with Crippen LogP contribution in [0.5, 0.6) is 11.5 Å². The zero-order valence-corrected chi connectivity index (χ0v) is 10.7. The lowest BCUT2D eigenvalue weighted by atomic mass is 10.1. The van der Waals surface area contributed by atoms with Crippen molar-refractivity contribution in [3.05, 3.63) is 23.8 Å². The van der Waals surface area contributed by atoms with E-state index in [4.69, 9.17) is 19.7 Å². The molecule has 0 spiro atoms. The first-order chi connectivity index (χ1) is 9.97. The number of nitrogen functional groups attached to an aromatic ring is 1. The number of benzene rings is 1. The number of hydrogen-bond acceptors (Lipinski definition) is 5. The van der Waals surface area contributed by atoms with E-state index < -0.39 is 11.7 Å². The van der Waals surface area contributed by atoms with E-state index in [1.54, 1.807) is 0 Å². The second-order valence-electron chi connectivity index (χ2n) is 4.48. The number of hydrogen-bond donors (Lipinski definition) is 1. The van der Waals surface area contributed by atoms with Gasteiger partial charge in [-0.25, -0.2) is 0 Å². The molecule has 0 saturated carbocycles. The molecule has 1 aliphatic heterocycles. The quantitative estimate of drug-likeness (QED) is 0.876. The number of fused-ring (bicyclic) bond motifs is 1. The van der Waals surface area contributed by atoms with Crippen LogP contribution in [0.4, 0.5) is 19.1 Å². The monoisotopic (exact) mass is 300 g/mol. The second kappa shape index (κ2) is 4.87. The summed E-state index contributed by atoms with van der Waals surface area (Å²) in [5, 5.41) is 3.70. The molecule has 21 heavy (non-hydrogen) atoms. The summed E-state index contributed by atoms with van der Waals surface area (Å²) in [6.45, 7) is 0.412. The molecule has 8 heteroatoms. The van der Waals surface area contributed by atoms with Crippen LogP contribution in [0.15, 0.2) is 22.7 Å². The number of ether oxygens (including phenoxy) is 2. The van der Waals surface area contributed by atoms with E-state index in [0.717, 1.165) is 6.07 Å².